The van der Waals surface area contributed by atoms with E-state index >= 15 is 0 Å². The lowest BCUT2D eigenvalue weighted by Gasteiger charge is -2.16. The zero-order chi connectivity index (χ0) is 13.2. The second-order valence-electron chi connectivity index (χ2n) is 4.42. The molecule has 1 aromatic rings. The summed E-state index contributed by atoms with van der Waals surface area (Å²) in [5.41, 5.74) is 0.958. The van der Waals surface area contributed by atoms with Crippen LogP contribution < -0.4 is 0 Å². The molecule has 1 N–H and O–H groups in total. The van der Waals surface area contributed by atoms with Crippen molar-refractivity contribution in [3.63, 3.8) is 0 Å². The van der Waals surface area contributed by atoms with Gasteiger partial charge < -0.3 is 10.0 Å². The van der Waals surface area contributed by atoms with Crippen LogP contribution in [-0.2, 0) is 11.2 Å². The molecule has 0 bridgehead atoms. The van der Waals surface area contributed by atoms with Crippen LogP contribution in [0.25, 0.3) is 0 Å². The largest absolute Gasteiger partial charge is 0.396 e. The Morgan fingerprint density at radius 3 is 2.83 bits per heavy atom. The van der Waals surface area contributed by atoms with E-state index in [2.05, 4.69) is 4.98 Å². The van der Waals surface area contributed by atoms with Crippen LogP contribution in [0.15, 0.2) is 24.4 Å². The average molecular weight is 250 g/mol. The number of pyridine rings is 1. The van der Waals surface area contributed by atoms with Crippen LogP contribution >= 0.6 is 0 Å². The normalized spacial score (nSPS) is 10.3. The van der Waals surface area contributed by atoms with E-state index in [1.807, 2.05) is 25.2 Å². The highest BCUT2D eigenvalue weighted by molar-refractivity contribution is 5.76. The van der Waals surface area contributed by atoms with Gasteiger partial charge in [-0.1, -0.05) is 6.07 Å². The summed E-state index contributed by atoms with van der Waals surface area (Å²) in [5, 5.41) is 8.66. The third-order valence-corrected chi connectivity index (χ3v) is 2.90. The first kappa shape index (κ1) is 14.6. The molecule has 0 aliphatic heterocycles. The second-order valence-corrected chi connectivity index (χ2v) is 4.42. The summed E-state index contributed by atoms with van der Waals surface area (Å²) in [4.78, 5) is 17.8. The van der Waals surface area contributed by atoms with Gasteiger partial charge in [0.1, 0.15) is 0 Å². The minimum Gasteiger partial charge on any atom is -0.396 e. The number of amides is 1. The number of aryl methyl sites for hydroxylation is 1. The molecule has 0 aliphatic carbocycles. The monoisotopic (exact) mass is 250 g/mol. The first-order valence-corrected chi connectivity index (χ1v) is 6.48. The number of aliphatic hydroxyl groups is 1. The number of hydrogen-bond acceptors (Lipinski definition) is 3. The Kier molecular flexibility index (Phi) is 7.03. The molecular formula is C14H22N2O2. The van der Waals surface area contributed by atoms with Crippen molar-refractivity contribution in [3.8, 4) is 0 Å². The van der Waals surface area contributed by atoms with Crippen molar-refractivity contribution >= 4 is 5.91 Å². The maximum Gasteiger partial charge on any atom is 0.222 e. The fourth-order valence-electron chi connectivity index (χ4n) is 1.73. The molecule has 0 aromatic carbocycles. The number of aromatic nitrogens is 1. The van der Waals surface area contributed by atoms with Crippen LogP contribution in [-0.4, -0.2) is 41.1 Å². The fraction of sp³-hybridized carbons (Fsp3) is 0.571. The van der Waals surface area contributed by atoms with Gasteiger partial charge in [0.15, 0.2) is 0 Å². The van der Waals surface area contributed by atoms with E-state index in [0.29, 0.717) is 12.8 Å². The Morgan fingerprint density at radius 2 is 2.17 bits per heavy atom. The van der Waals surface area contributed by atoms with E-state index in [-0.39, 0.29) is 12.5 Å². The van der Waals surface area contributed by atoms with Crippen LogP contribution in [0.1, 0.15) is 31.4 Å². The van der Waals surface area contributed by atoms with Crippen LogP contribution in [0.5, 0.6) is 0 Å². The van der Waals surface area contributed by atoms with Crippen molar-refractivity contribution in [1.82, 2.24) is 9.88 Å². The van der Waals surface area contributed by atoms with Gasteiger partial charge in [0, 0.05) is 38.5 Å². The summed E-state index contributed by atoms with van der Waals surface area (Å²) in [6, 6.07) is 5.75. The Labute approximate surface area is 109 Å². The average Bonchev–Trinajstić information content (AvgIpc) is 2.42. The smallest absolute Gasteiger partial charge is 0.222 e. The zero-order valence-corrected chi connectivity index (χ0v) is 11.0. The Morgan fingerprint density at radius 1 is 1.33 bits per heavy atom. The molecule has 100 valence electrons. The highest BCUT2D eigenvalue weighted by atomic mass is 16.2. The molecular weight excluding hydrogens is 228 g/mol. The number of carbonyl (C=O) groups excluding carboxylic acids is 1. The van der Waals surface area contributed by atoms with Gasteiger partial charge in [0.25, 0.3) is 0 Å². The maximum atomic E-state index is 11.8. The van der Waals surface area contributed by atoms with E-state index in [4.69, 9.17) is 5.11 Å². The summed E-state index contributed by atoms with van der Waals surface area (Å²) in [6.45, 7) is 0.998. The van der Waals surface area contributed by atoms with Crippen molar-refractivity contribution in [3.05, 3.63) is 30.1 Å². The molecule has 0 aliphatic rings. The number of carbonyl (C=O) groups is 1. The molecule has 4 nitrogen and oxygen atoms in total. The third-order valence-electron chi connectivity index (χ3n) is 2.90. The molecule has 4 heteroatoms. The lowest BCUT2D eigenvalue weighted by molar-refractivity contribution is -0.129. The molecule has 1 aromatic heterocycles. The Balaban J connectivity index is 2.19. The maximum absolute atomic E-state index is 11.8. The molecule has 0 radical (unpaired) electrons. The van der Waals surface area contributed by atoms with Crippen LogP contribution in [0.3, 0.4) is 0 Å². The highest BCUT2D eigenvalue weighted by Gasteiger charge is 2.08. The predicted octanol–water partition coefficient (Wildman–Crippen LogP) is 1.64. The lowest BCUT2D eigenvalue weighted by Crippen LogP contribution is -2.28. The van der Waals surface area contributed by atoms with E-state index < -0.39 is 0 Å². The van der Waals surface area contributed by atoms with Crippen LogP contribution in [0, 0.1) is 0 Å². The molecule has 0 atom stereocenters. The molecule has 0 saturated carbocycles. The summed E-state index contributed by atoms with van der Waals surface area (Å²) in [6.07, 6.45) is 5.68. The molecule has 0 unspecified atom stereocenters. The number of unbranched alkanes of at least 4 members (excludes halogenated alkanes) is 2. The van der Waals surface area contributed by atoms with Gasteiger partial charge in [-0.3, -0.25) is 9.78 Å². The topological polar surface area (TPSA) is 53.4 Å². The standard InChI is InChI=1S/C14H22N2O2/c1-16(11-5-2-6-12-17)14(18)9-8-13-7-3-4-10-15-13/h3-4,7,10,17H,2,5-6,8-9,11-12H2,1H3. The third kappa shape index (κ3) is 5.77. The van der Waals surface area contributed by atoms with Crippen molar-refractivity contribution in [2.24, 2.45) is 0 Å². The van der Waals surface area contributed by atoms with Crippen LogP contribution in [0.2, 0.25) is 0 Å². The molecule has 1 heterocycles. The highest BCUT2D eigenvalue weighted by Crippen LogP contribution is 2.03. The van der Waals surface area contributed by atoms with Gasteiger partial charge in [-0.2, -0.15) is 0 Å². The van der Waals surface area contributed by atoms with Crippen molar-refractivity contribution in [1.29, 1.82) is 0 Å². The molecule has 0 spiro atoms. The summed E-state index contributed by atoms with van der Waals surface area (Å²) < 4.78 is 0. The van der Waals surface area contributed by atoms with Gasteiger partial charge in [-0.25, -0.2) is 0 Å². The van der Waals surface area contributed by atoms with Crippen molar-refractivity contribution < 1.29 is 9.90 Å². The molecule has 1 amide bonds. The minimum absolute atomic E-state index is 0.157. The van der Waals surface area contributed by atoms with Crippen LogP contribution in [0.4, 0.5) is 0 Å². The molecule has 1 rings (SSSR count). The van der Waals surface area contributed by atoms with E-state index in [1.165, 1.54) is 0 Å². The fourth-order valence-corrected chi connectivity index (χ4v) is 1.73. The quantitative estimate of drug-likeness (QED) is 0.714. The van der Waals surface area contributed by atoms with Crippen molar-refractivity contribution in [2.45, 2.75) is 32.1 Å². The lowest BCUT2D eigenvalue weighted by atomic mass is 10.2. The molecule has 0 fully saturated rings. The SMILES string of the molecule is CN(CCCCCO)C(=O)CCc1ccccn1. The predicted molar refractivity (Wildman–Crippen MR) is 71.1 cm³/mol. The van der Waals surface area contributed by atoms with Gasteiger partial charge in [0.2, 0.25) is 5.91 Å². The number of rotatable bonds is 8. The number of hydrogen-bond donors (Lipinski definition) is 1. The molecule has 0 saturated heterocycles. The Bertz CT molecular complexity index is 341. The minimum atomic E-state index is 0.157. The van der Waals surface area contributed by atoms with E-state index in [1.54, 1.807) is 11.1 Å². The number of aliphatic hydroxyl groups excluding tert-OH is 1. The van der Waals surface area contributed by atoms with Gasteiger partial charge in [-0.05, 0) is 37.8 Å². The van der Waals surface area contributed by atoms with Gasteiger partial charge in [-0.15, -0.1) is 0 Å². The first-order valence-electron chi connectivity index (χ1n) is 6.48. The second kappa shape index (κ2) is 8.64. The van der Waals surface area contributed by atoms with Gasteiger partial charge >= 0.3 is 0 Å². The summed E-state index contributed by atoms with van der Waals surface area (Å²) >= 11 is 0. The number of nitrogens with zero attached hydrogens (tertiary/aromatic N) is 2. The van der Waals surface area contributed by atoms with Crippen molar-refractivity contribution in [2.75, 3.05) is 20.2 Å². The summed E-state index contributed by atoms with van der Waals surface area (Å²) in [7, 11) is 1.83. The first-order chi connectivity index (χ1) is 8.74. The summed E-state index contributed by atoms with van der Waals surface area (Å²) in [5.74, 6) is 0.157. The van der Waals surface area contributed by atoms with E-state index in [0.717, 1.165) is 31.5 Å². The van der Waals surface area contributed by atoms with Gasteiger partial charge in [0.05, 0.1) is 0 Å². The Hall–Kier alpha value is -1.42. The van der Waals surface area contributed by atoms with E-state index in [9.17, 15) is 4.79 Å². The zero-order valence-electron chi connectivity index (χ0n) is 11.0. The molecule has 18 heavy (non-hydrogen) atoms.